The fraction of sp³-hybridized carbons (Fsp3) is 0.111. The smallest absolute Gasteiger partial charge is 0.204 e. The quantitative estimate of drug-likeness (QED) is 0.561. The van der Waals surface area contributed by atoms with Gasteiger partial charge in [0.15, 0.2) is 0 Å². The molecule has 4 heteroatoms. The maximum absolute atomic E-state index is 8.58. The molecule has 1 aromatic rings. The molecule has 4 N–H and O–H groups in total. The summed E-state index contributed by atoms with van der Waals surface area (Å²) in [4.78, 5) is 17.2. The van der Waals surface area contributed by atoms with E-state index < -0.39 is 0 Å². The summed E-state index contributed by atoms with van der Waals surface area (Å²) in [6, 6.07) is 10.3. The van der Waals surface area contributed by atoms with Gasteiger partial charge in [0.25, 0.3) is 0 Å². The Labute approximate surface area is 77.5 Å². The predicted octanol–water partition coefficient (Wildman–Crippen LogP) is 0.198. The van der Waals surface area contributed by atoms with Gasteiger partial charge < -0.3 is 11.5 Å². The van der Waals surface area contributed by atoms with E-state index in [2.05, 4.69) is 30.5 Å². The average Bonchev–Trinajstić information content (AvgIpc) is 2.08. The van der Waals surface area contributed by atoms with Crippen molar-refractivity contribution in [3.05, 3.63) is 35.9 Å². The number of carbonyl (C=O) groups is 2. The van der Waals surface area contributed by atoms with Crippen LogP contribution in [0.2, 0.25) is 0 Å². The van der Waals surface area contributed by atoms with Gasteiger partial charge >= 0.3 is 0 Å². The minimum Gasteiger partial charge on any atom is -0.372 e. The fourth-order valence-electron chi connectivity index (χ4n) is 0.534. The highest BCUT2D eigenvalue weighted by Gasteiger charge is 1.72. The molecule has 72 valence electrons. The molecule has 0 radical (unpaired) electrons. The number of carbonyl (C=O) groups excluding carboxylic acids is 2. The highest BCUT2D eigenvalue weighted by Crippen LogP contribution is 1.92. The summed E-state index contributed by atoms with van der Waals surface area (Å²) >= 11 is 0. The minimum atomic E-state index is 0.250. The number of primary amides is 2. The van der Waals surface area contributed by atoms with E-state index in [9.17, 15) is 0 Å². The Morgan fingerprint density at radius 1 is 1.00 bits per heavy atom. The lowest BCUT2D eigenvalue weighted by molar-refractivity contribution is -0.107. The van der Waals surface area contributed by atoms with Gasteiger partial charge in [-0.1, -0.05) is 35.9 Å². The molecule has 4 nitrogen and oxygen atoms in total. The third kappa shape index (κ3) is 17.8. The number of rotatable bonds is 0. The number of aryl methyl sites for hydroxylation is 1. The Morgan fingerprint density at radius 2 is 1.31 bits per heavy atom. The molecular weight excluding hydrogens is 168 g/mol. The first-order chi connectivity index (χ1) is 6.22. The van der Waals surface area contributed by atoms with Crippen molar-refractivity contribution in [1.29, 1.82) is 0 Å². The van der Waals surface area contributed by atoms with Crippen molar-refractivity contribution in [3.8, 4) is 0 Å². The van der Waals surface area contributed by atoms with Crippen molar-refractivity contribution >= 4 is 12.8 Å². The van der Waals surface area contributed by atoms with E-state index >= 15 is 0 Å². The molecular formula is C9H14N2O2. The Kier molecular flexibility index (Phi) is 13.5. The van der Waals surface area contributed by atoms with Crippen molar-refractivity contribution in [2.75, 3.05) is 0 Å². The van der Waals surface area contributed by atoms with Crippen molar-refractivity contribution in [1.82, 2.24) is 0 Å². The Hall–Kier alpha value is -1.84. The van der Waals surface area contributed by atoms with E-state index in [1.807, 2.05) is 18.2 Å². The van der Waals surface area contributed by atoms with Gasteiger partial charge in [-0.2, -0.15) is 0 Å². The molecule has 0 aliphatic carbocycles. The van der Waals surface area contributed by atoms with Gasteiger partial charge in [-0.25, -0.2) is 0 Å². The minimum absolute atomic E-state index is 0.250. The zero-order valence-electron chi connectivity index (χ0n) is 7.51. The van der Waals surface area contributed by atoms with Gasteiger partial charge in [0.05, 0.1) is 0 Å². The first kappa shape index (κ1) is 13.7. The first-order valence-electron chi connectivity index (χ1n) is 3.55. The van der Waals surface area contributed by atoms with Crippen molar-refractivity contribution in [2.45, 2.75) is 6.92 Å². The number of amides is 2. The SMILES string of the molecule is Cc1ccccc1.NC=O.NC=O. The van der Waals surface area contributed by atoms with Gasteiger partial charge in [0.2, 0.25) is 12.8 Å². The van der Waals surface area contributed by atoms with Crippen molar-refractivity contribution < 1.29 is 9.59 Å². The second-order valence-corrected chi connectivity index (χ2v) is 1.93. The zero-order chi connectivity index (χ0) is 10.5. The molecule has 13 heavy (non-hydrogen) atoms. The van der Waals surface area contributed by atoms with Crippen LogP contribution >= 0.6 is 0 Å². The summed E-state index contributed by atoms with van der Waals surface area (Å²) in [5, 5.41) is 0. The lowest BCUT2D eigenvalue weighted by atomic mass is 10.2. The predicted molar refractivity (Wildman–Crippen MR) is 51.7 cm³/mol. The van der Waals surface area contributed by atoms with Gasteiger partial charge in [0.1, 0.15) is 0 Å². The van der Waals surface area contributed by atoms with E-state index in [1.54, 1.807) is 0 Å². The molecule has 0 bridgehead atoms. The molecule has 0 fully saturated rings. The molecule has 0 atom stereocenters. The monoisotopic (exact) mass is 182 g/mol. The summed E-state index contributed by atoms with van der Waals surface area (Å²) in [6.45, 7) is 2.08. The maximum atomic E-state index is 8.58. The van der Waals surface area contributed by atoms with Crippen LogP contribution in [-0.4, -0.2) is 12.8 Å². The van der Waals surface area contributed by atoms with Crippen LogP contribution in [-0.2, 0) is 9.59 Å². The van der Waals surface area contributed by atoms with E-state index in [0.29, 0.717) is 0 Å². The summed E-state index contributed by atoms with van der Waals surface area (Å²) in [6.07, 6.45) is 0.500. The average molecular weight is 182 g/mol. The van der Waals surface area contributed by atoms with Crippen LogP contribution in [0.5, 0.6) is 0 Å². The molecule has 0 unspecified atom stereocenters. The lowest BCUT2D eigenvalue weighted by Gasteiger charge is -1.82. The number of nitrogens with two attached hydrogens (primary N) is 2. The Bertz CT molecular complexity index is 206. The third-order valence-electron chi connectivity index (χ3n) is 0.940. The van der Waals surface area contributed by atoms with Crippen LogP contribution < -0.4 is 11.5 Å². The van der Waals surface area contributed by atoms with E-state index in [4.69, 9.17) is 9.59 Å². The highest BCUT2D eigenvalue weighted by atomic mass is 16.1. The van der Waals surface area contributed by atoms with E-state index in [0.717, 1.165) is 0 Å². The van der Waals surface area contributed by atoms with Crippen molar-refractivity contribution in [2.24, 2.45) is 11.5 Å². The fourth-order valence-corrected chi connectivity index (χ4v) is 0.534. The molecule has 0 aliphatic rings. The summed E-state index contributed by atoms with van der Waals surface area (Å²) < 4.78 is 0. The molecule has 2 amide bonds. The topological polar surface area (TPSA) is 86.2 Å². The molecule has 1 aromatic carbocycles. The molecule has 0 heterocycles. The number of hydrogen-bond acceptors (Lipinski definition) is 2. The number of benzene rings is 1. The highest BCUT2D eigenvalue weighted by molar-refractivity contribution is 5.42. The summed E-state index contributed by atoms with van der Waals surface area (Å²) in [5.74, 6) is 0. The maximum Gasteiger partial charge on any atom is 0.204 e. The standard InChI is InChI=1S/C7H8.2CH3NO/c1-7-5-3-2-4-6-7;2*2-1-3/h2-6H,1H3;2*1H,(H2,2,3). The largest absolute Gasteiger partial charge is 0.372 e. The summed E-state index contributed by atoms with van der Waals surface area (Å²) in [5.41, 5.74) is 9.66. The normalized spacial score (nSPS) is 6.54. The molecule has 1 rings (SSSR count). The number of hydrogen-bond donors (Lipinski definition) is 2. The first-order valence-corrected chi connectivity index (χ1v) is 3.55. The lowest BCUT2D eigenvalue weighted by Crippen LogP contribution is -1.82. The third-order valence-corrected chi connectivity index (χ3v) is 0.940. The molecule has 0 aliphatic heterocycles. The van der Waals surface area contributed by atoms with Gasteiger partial charge in [-0.05, 0) is 6.92 Å². The van der Waals surface area contributed by atoms with Crippen LogP contribution in [0.4, 0.5) is 0 Å². The van der Waals surface area contributed by atoms with Gasteiger partial charge in [0, 0.05) is 0 Å². The van der Waals surface area contributed by atoms with Crippen LogP contribution in [0.15, 0.2) is 30.3 Å². The van der Waals surface area contributed by atoms with Crippen molar-refractivity contribution in [3.63, 3.8) is 0 Å². The van der Waals surface area contributed by atoms with E-state index in [1.165, 1.54) is 5.56 Å². The van der Waals surface area contributed by atoms with Crippen LogP contribution in [0.25, 0.3) is 0 Å². The summed E-state index contributed by atoms with van der Waals surface area (Å²) in [7, 11) is 0. The van der Waals surface area contributed by atoms with Gasteiger partial charge in [-0.3, -0.25) is 9.59 Å². The molecule has 0 saturated heterocycles. The van der Waals surface area contributed by atoms with Crippen LogP contribution in [0.1, 0.15) is 5.56 Å². The molecule has 0 aromatic heterocycles. The second kappa shape index (κ2) is 12.8. The second-order valence-electron chi connectivity index (χ2n) is 1.93. The molecule has 0 saturated carbocycles. The van der Waals surface area contributed by atoms with E-state index in [-0.39, 0.29) is 12.8 Å². The van der Waals surface area contributed by atoms with Crippen LogP contribution in [0, 0.1) is 6.92 Å². The Morgan fingerprint density at radius 3 is 1.46 bits per heavy atom. The van der Waals surface area contributed by atoms with Crippen LogP contribution in [0.3, 0.4) is 0 Å². The zero-order valence-corrected chi connectivity index (χ0v) is 7.51. The Balaban J connectivity index is 0. The molecule has 0 spiro atoms. The van der Waals surface area contributed by atoms with Gasteiger partial charge in [-0.15, -0.1) is 0 Å².